The predicted molar refractivity (Wildman–Crippen MR) is 85.5 cm³/mol. The molecule has 0 fully saturated rings. The van der Waals surface area contributed by atoms with E-state index in [1.165, 1.54) is 0 Å². The lowest BCUT2D eigenvalue weighted by Crippen LogP contribution is -2.32. The number of rotatable bonds is 5. The Bertz CT molecular complexity index is 646. The summed E-state index contributed by atoms with van der Waals surface area (Å²) in [5.74, 6) is 0.0839. The van der Waals surface area contributed by atoms with E-state index in [2.05, 4.69) is 23.8 Å². The van der Waals surface area contributed by atoms with Gasteiger partial charge in [-0.2, -0.15) is 0 Å². The molecule has 1 aromatic carbocycles. The lowest BCUT2D eigenvalue weighted by Gasteiger charge is -2.21. The first kappa shape index (κ1) is 15.4. The summed E-state index contributed by atoms with van der Waals surface area (Å²) in [5.41, 5.74) is 4.16. The van der Waals surface area contributed by atoms with Crippen LogP contribution in [0.4, 0.5) is 0 Å². The van der Waals surface area contributed by atoms with Gasteiger partial charge in [-0.15, -0.1) is 0 Å². The molecule has 0 unspecified atom stereocenters. The number of hydrogen-bond acceptors (Lipinski definition) is 3. The molecule has 112 valence electrons. The van der Waals surface area contributed by atoms with E-state index in [1.807, 2.05) is 36.9 Å². The quantitative estimate of drug-likeness (QED) is 0.844. The van der Waals surface area contributed by atoms with Gasteiger partial charge in [0, 0.05) is 18.7 Å². The van der Waals surface area contributed by atoms with E-state index in [1.54, 1.807) is 0 Å². The molecule has 0 radical (unpaired) electrons. The van der Waals surface area contributed by atoms with Crippen molar-refractivity contribution in [2.24, 2.45) is 0 Å². The molecule has 4 nitrogen and oxygen atoms in total. The molecule has 2 aromatic rings. The van der Waals surface area contributed by atoms with Crippen LogP contribution in [0.15, 0.2) is 18.2 Å². The number of hydrogen-bond donors (Lipinski definition) is 0. The van der Waals surface area contributed by atoms with Crippen LogP contribution < -0.4 is 0 Å². The van der Waals surface area contributed by atoms with Crippen molar-refractivity contribution < 1.29 is 4.79 Å². The number of aromatic nitrogens is 2. The van der Waals surface area contributed by atoms with Crippen LogP contribution in [0.1, 0.15) is 48.4 Å². The molecule has 0 N–H and O–H groups in total. The van der Waals surface area contributed by atoms with E-state index >= 15 is 0 Å². The summed E-state index contributed by atoms with van der Waals surface area (Å²) < 4.78 is 0. The fourth-order valence-corrected chi connectivity index (χ4v) is 2.40. The van der Waals surface area contributed by atoms with Crippen LogP contribution in [0.5, 0.6) is 0 Å². The first-order valence-corrected chi connectivity index (χ1v) is 7.61. The second kappa shape index (κ2) is 6.66. The monoisotopic (exact) mass is 285 g/mol. The predicted octanol–water partition coefficient (Wildman–Crippen LogP) is 3.51. The van der Waals surface area contributed by atoms with Gasteiger partial charge in [0.1, 0.15) is 0 Å². The number of benzene rings is 1. The van der Waals surface area contributed by atoms with Crippen molar-refractivity contribution in [2.75, 3.05) is 13.1 Å². The standard InChI is InChI=1S/C17H23N3O/c1-5-9-20(10-6-2)17(21)14-7-8-15-16(11-14)19-13(4)12(3)18-15/h7-8,11H,5-6,9-10H2,1-4H3. The molecule has 4 heteroatoms. The van der Waals surface area contributed by atoms with Gasteiger partial charge in [-0.3, -0.25) is 4.79 Å². The third kappa shape index (κ3) is 3.38. The Labute approximate surface area is 126 Å². The minimum Gasteiger partial charge on any atom is -0.339 e. The third-order valence-corrected chi connectivity index (χ3v) is 3.60. The highest BCUT2D eigenvalue weighted by Gasteiger charge is 2.15. The summed E-state index contributed by atoms with van der Waals surface area (Å²) in [6, 6.07) is 5.60. The smallest absolute Gasteiger partial charge is 0.253 e. The largest absolute Gasteiger partial charge is 0.339 e. The molecule has 1 heterocycles. The van der Waals surface area contributed by atoms with Gasteiger partial charge in [-0.25, -0.2) is 9.97 Å². The van der Waals surface area contributed by atoms with Crippen LogP contribution in [0, 0.1) is 13.8 Å². The maximum atomic E-state index is 12.6. The van der Waals surface area contributed by atoms with Crippen molar-refractivity contribution in [1.82, 2.24) is 14.9 Å². The first-order chi connectivity index (χ1) is 10.1. The zero-order valence-corrected chi connectivity index (χ0v) is 13.3. The number of nitrogens with zero attached hydrogens (tertiary/aromatic N) is 3. The van der Waals surface area contributed by atoms with Crippen LogP contribution in [0.2, 0.25) is 0 Å². The molecule has 0 saturated heterocycles. The van der Waals surface area contributed by atoms with Gasteiger partial charge in [0.25, 0.3) is 5.91 Å². The summed E-state index contributed by atoms with van der Waals surface area (Å²) in [7, 11) is 0. The summed E-state index contributed by atoms with van der Waals surface area (Å²) in [6.07, 6.45) is 1.94. The Morgan fingerprint density at radius 3 is 2.14 bits per heavy atom. The van der Waals surface area contributed by atoms with Crippen molar-refractivity contribution >= 4 is 16.9 Å². The number of fused-ring (bicyclic) bond motifs is 1. The fraction of sp³-hybridized carbons (Fsp3) is 0.471. The van der Waals surface area contributed by atoms with E-state index < -0.39 is 0 Å². The van der Waals surface area contributed by atoms with Gasteiger partial charge in [0.15, 0.2) is 0 Å². The normalized spacial score (nSPS) is 10.9. The van der Waals surface area contributed by atoms with Crippen molar-refractivity contribution in [3.8, 4) is 0 Å². The lowest BCUT2D eigenvalue weighted by molar-refractivity contribution is 0.0755. The number of carbonyl (C=O) groups is 1. The highest BCUT2D eigenvalue weighted by Crippen LogP contribution is 2.16. The topological polar surface area (TPSA) is 46.1 Å². The maximum absolute atomic E-state index is 12.6. The Kier molecular flexibility index (Phi) is 4.89. The zero-order valence-electron chi connectivity index (χ0n) is 13.3. The lowest BCUT2D eigenvalue weighted by atomic mass is 10.1. The van der Waals surface area contributed by atoms with E-state index in [0.717, 1.165) is 48.4 Å². The Morgan fingerprint density at radius 2 is 1.57 bits per heavy atom. The van der Waals surface area contributed by atoms with Gasteiger partial charge in [-0.05, 0) is 44.9 Å². The van der Waals surface area contributed by atoms with E-state index in [9.17, 15) is 4.79 Å². The molecule has 1 aromatic heterocycles. The highest BCUT2D eigenvalue weighted by molar-refractivity contribution is 5.97. The van der Waals surface area contributed by atoms with Gasteiger partial charge in [0.2, 0.25) is 0 Å². The Morgan fingerprint density at radius 1 is 1.00 bits per heavy atom. The van der Waals surface area contributed by atoms with Crippen LogP contribution >= 0.6 is 0 Å². The maximum Gasteiger partial charge on any atom is 0.253 e. The molecule has 21 heavy (non-hydrogen) atoms. The van der Waals surface area contributed by atoms with Crippen LogP contribution in [0.3, 0.4) is 0 Å². The molecule has 0 aliphatic rings. The molecular weight excluding hydrogens is 262 g/mol. The van der Waals surface area contributed by atoms with Gasteiger partial charge < -0.3 is 4.90 Å². The molecule has 2 rings (SSSR count). The zero-order chi connectivity index (χ0) is 15.4. The Balaban J connectivity index is 2.37. The van der Waals surface area contributed by atoms with E-state index in [0.29, 0.717) is 5.56 Å². The van der Waals surface area contributed by atoms with Crippen molar-refractivity contribution in [3.63, 3.8) is 0 Å². The second-order valence-corrected chi connectivity index (χ2v) is 5.39. The van der Waals surface area contributed by atoms with E-state index in [-0.39, 0.29) is 5.91 Å². The summed E-state index contributed by atoms with van der Waals surface area (Å²) in [6.45, 7) is 9.66. The second-order valence-electron chi connectivity index (χ2n) is 5.39. The molecule has 0 aliphatic carbocycles. The highest BCUT2D eigenvalue weighted by atomic mass is 16.2. The molecular formula is C17H23N3O. The minimum atomic E-state index is 0.0839. The summed E-state index contributed by atoms with van der Waals surface area (Å²) in [4.78, 5) is 23.6. The third-order valence-electron chi connectivity index (χ3n) is 3.60. The SMILES string of the molecule is CCCN(CCC)C(=O)c1ccc2nc(C)c(C)nc2c1. The average molecular weight is 285 g/mol. The van der Waals surface area contributed by atoms with Crippen LogP contribution in [0.25, 0.3) is 11.0 Å². The van der Waals surface area contributed by atoms with Crippen LogP contribution in [-0.4, -0.2) is 33.9 Å². The van der Waals surface area contributed by atoms with Crippen molar-refractivity contribution in [2.45, 2.75) is 40.5 Å². The van der Waals surface area contributed by atoms with E-state index in [4.69, 9.17) is 0 Å². The molecule has 0 saturated carbocycles. The summed E-state index contributed by atoms with van der Waals surface area (Å²) in [5, 5.41) is 0. The molecule has 0 atom stereocenters. The van der Waals surface area contributed by atoms with Gasteiger partial charge >= 0.3 is 0 Å². The van der Waals surface area contributed by atoms with Crippen LogP contribution in [-0.2, 0) is 0 Å². The minimum absolute atomic E-state index is 0.0839. The van der Waals surface area contributed by atoms with Gasteiger partial charge in [0.05, 0.1) is 22.4 Å². The molecule has 0 aliphatic heterocycles. The number of aryl methyl sites for hydroxylation is 2. The molecule has 0 bridgehead atoms. The van der Waals surface area contributed by atoms with Gasteiger partial charge in [-0.1, -0.05) is 13.8 Å². The first-order valence-electron chi connectivity index (χ1n) is 7.61. The van der Waals surface area contributed by atoms with Crippen molar-refractivity contribution in [1.29, 1.82) is 0 Å². The number of amides is 1. The van der Waals surface area contributed by atoms with Crippen molar-refractivity contribution in [3.05, 3.63) is 35.2 Å². The number of carbonyl (C=O) groups excluding carboxylic acids is 1. The summed E-state index contributed by atoms with van der Waals surface area (Å²) >= 11 is 0. The molecule has 0 spiro atoms. The fourth-order valence-electron chi connectivity index (χ4n) is 2.40. The molecule has 1 amide bonds. The average Bonchev–Trinajstić information content (AvgIpc) is 2.47. The Hall–Kier alpha value is -1.97.